The van der Waals surface area contributed by atoms with Crippen LogP contribution in [0.5, 0.6) is 0 Å². The van der Waals surface area contributed by atoms with E-state index >= 15 is 0 Å². The van der Waals surface area contributed by atoms with Crippen LogP contribution in [0.25, 0.3) is 0 Å². The van der Waals surface area contributed by atoms with E-state index < -0.39 is 58.4 Å². The van der Waals surface area contributed by atoms with Crippen LogP contribution in [0.4, 0.5) is 0 Å². The number of allylic oxidation sites excluding steroid dienone is 2. The SMILES string of the molecule is CC12CC=C(C1)C(C(=O)O)C2C(=O)OC(=O)C1C(C(=O)O)C2=CCC1(C)C2. The molecule has 4 bridgehead atoms. The van der Waals surface area contributed by atoms with Crippen LogP contribution in [-0.4, -0.2) is 34.1 Å². The first-order chi connectivity index (χ1) is 12.6. The number of esters is 2. The number of carboxylic acids is 2. The molecular formula is C20H22O7. The zero-order valence-electron chi connectivity index (χ0n) is 15.2. The lowest BCUT2D eigenvalue weighted by atomic mass is 9.72. The zero-order valence-corrected chi connectivity index (χ0v) is 15.2. The summed E-state index contributed by atoms with van der Waals surface area (Å²) in [5.41, 5.74) is 0.284. The van der Waals surface area contributed by atoms with Crippen molar-refractivity contribution in [2.45, 2.75) is 39.5 Å². The Morgan fingerprint density at radius 2 is 1.22 bits per heavy atom. The number of hydrogen-bond acceptors (Lipinski definition) is 5. The van der Waals surface area contributed by atoms with Gasteiger partial charge in [0.2, 0.25) is 0 Å². The third-order valence-corrected chi connectivity index (χ3v) is 7.09. The first-order valence-corrected chi connectivity index (χ1v) is 9.16. The van der Waals surface area contributed by atoms with E-state index in [4.69, 9.17) is 4.74 Å². The number of fused-ring (bicyclic) bond motifs is 4. The quantitative estimate of drug-likeness (QED) is 0.440. The number of carbonyl (C=O) groups is 4. The maximum atomic E-state index is 12.8. The molecule has 4 aliphatic carbocycles. The first-order valence-electron chi connectivity index (χ1n) is 9.16. The Hall–Kier alpha value is -2.44. The molecule has 7 nitrogen and oxygen atoms in total. The van der Waals surface area contributed by atoms with Crippen molar-refractivity contribution in [1.29, 1.82) is 0 Å². The van der Waals surface area contributed by atoms with Gasteiger partial charge in [0.25, 0.3) is 0 Å². The van der Waals surface area contributed by atoms with Crippen LogP contribution >= 0.6 is 0 Å². The second kappa shape index (κ2) is 5.53. The number of rotatable bonds is 4. The van der Waals surface area contributed by atoms with Crippen molar-refractivity contribution in [2.24, 2.45) is 34.5 Å². The summed E-state index contributed by atoms with van der Waals surface area (Å²) < 4.78 is 5.16. The lowest BCUT2D eigenvalue weighted by molar-refractivity contribution is -0.175. The fraction of sp³-hybridized carbons (Fsp3) is 0.600. The molecule has 0 aromatic heterocycles. The summed E-state index contributed by atoms with van der Waals surface area (Å²) in [6.07, 6.45) is 5.87. The highest BCUT2D eigenvalue weighted by Crippen LogP contribution is 2.59. The summed E-state index contributed by atoms with van der Waals surface area (Å²) >= 11 is 0. The van der Waals surface area contributed by atoms with Crippen LogP contribution < -0.4 is 0 Å². The molecule has 27 heavy (non-hydrogen) atoms. The molecule has 0 aromatic carbocycles. The van der Waals surface area contributed by atoms with E-state index in [0.29, 0.717) is 36.8 Å². The standard InChI is InChI=1S/C20H22O7/c1-19-5-3-9(7-19)11(15(21)22)13(19)17(25)27-18(26)14-12(16(23)24)10-4-6-20(14,2)8-10/h3-4,11-14H,5-8H2,1-2H3,(H,21,22)(H,23,24). The summed E-state index contributed by atoms with van der Waals surface area (Å²) in [5, 5.41) is 19.1. The van der Waals surface area contributed by atoms with E-state index in [1.54, 1.807) is 0 Å². The minimum Gasteiger partial charge on any atom is -0.481 e. The van der Waals surface area contributed by atoms with Crippen LogP contribution in [0.2, 0.25) is 0 Å². The fourth-order valence-corrected chi connectivity index (χ4v) is 5.80. The summed E-state index contributed by atoms with van der Waals surface area (Å²) in [6, 6.07) is 0. The molecule has 0 aromatic rings. The lowest BCUT2D eigenvalue weighted by Crippen LogP contribution is -2.43. The Labute approximate surface area is 156 Å². The highest BCUT2D eigenvalue weighted by atomic mass is 16.6. The van der Waals surface area contributed by atoms with Gasteiger partial charge in [-0.1, -0.05) is 37.1 Å². The number of carboxylic acid groups (broad SMARTS) is 2. The number of hydrogen-bond donors (Lipinski definition) is 2. The molecule has 0 aliphatic heterocycles. The molecule has 144 valence electrons. The molecule has 7 heteroatoms. The van der Waals surface area contributed by atoms with Gasteiger partial charge < -0.3 is 14.9 Å². The van der Waals surface area contributed by atoms with E-state index in [2.05, 4.69) is 0 Å². The maximum absolute atomic E-state index is 12.8. The molecule has 0 amide bonds. The number of carbonyl (C=O) groups excluding carboxylic acids is 2. The molecule has 2 N–H and O–H groups in total. The Morgan fingerprint density at radius 1 is 0.852 bits per heavy atom. The predicted octanol–water partition coefficient (Wildman–Crippen LogP) is 2.17. The average Bonchev–Trinajstić information content (AvgIpc) is 3.27. The third kappa shape index (κ3) is 2.40. The van der Waals surface area contributed by atoms with Crippen LogP contribution in [0, 0.1) is 34.5 Å². The van der Waals surface area contributed by atoms with Crippen molar-refractivity contribution >= 4 is 23.9 Å². The Balaban J connectivity index is 1.57. The van der Waals surface area contributed by atoms with Crippen molar-refractivity contribution in [2.75, 3.05) is 0 Å². The molecule has 0 radical (unpaired) electrons. The molecule has 6 unspecified atom stereocenters. The van der Waals surface area contributed by atoms with Gasteiger partial charge in [-0.3, -0.25) is 19.2 Å². The third-order valence-electron chi connectivity index (χ3n) is 7.09. The maximum Gasteiger partial charge on any atom is 0.318 e. The van der Waals surface area contributed by atoms with Crippen molar-refractivity contribution in [3.05, 3.63) is 23.3 Å². The van der Waals surface area contributed by atoms with Crippen molar-refractivity contribution in [3.8, 4) is 0 Å². The van der Waals surface area contributed by atoms with E-state index in [9.17, 15) is 29.4 Å². The normalized spacial score (nSPS) is 41.3. The monoisotopic (exact) mass is 374 g/mol. The van der Waals surface area contributed by atoms with Gasteiger partial charge in [0, 0.05) is 0 Å². The molecule has 0 spiro atoms. The highest BCUT2D eigenvalue weighted by molar-refractivity contribution is 5.95. The topological polar surface area (TPSA) is 118 Å². The largest absolute Gasteiger partial charge is 0.481 e. The highest BCUT2D eigenvalue weighted by Gasteiger charge is 2.61. The number of aliphatic carboxylic acids is 2. The Kier molecular flexibility index (Phi) is 3.68. The van der Waals surface area contributed by atoms with Crippen LogP contribution in [-0.2, 0) is 23.9 Å². The van der Waals surface area contributed by atoms with Crippen molar-refractivity contribution < 1.29 is 34.1 Å². The molecule has 2 saturated carbocycles. The molecule has 0 saturated heterocycles. The van der Waals surface area contributed by atoms with E-state index in [1.807, 2.05) is 26.0 Å². The van der Waals surface area contributed by atoms with Crippen LogP contribution in [0.15, 0.2) is 23.3 Å². The van der Waals surface area contributed by atoms with Crippen LogP contribution in [0.1, 0.15) is 39.5 Å². The Morgan fingerprint density at radius 3 is 1.56 bits per heavy atom. The van der Waals surface area contributed by atoms with Crippen molar-refractivity contribution in [3.63, 3.8) is 0 Å². The minimum atomic E-state index is -1.10. The van der Waals surface area contributed by atoms with Gasteiger partial charge in [-0.15, -0.1) is 0 Å². The van der Waals surface area contributed by atoms with E-state index in [0.717, 1.165) is 0 Å². The van der Waals surface area contributed by atoms with Gasteiger partial charge in [-0.2, -0.15) is 0 Å². The smallest absolute Gasteiger partial charge is 0.318 e. The molecule has 4 aliphatic rings. The lowest BCUT2D eigenvalue weighted by Gasteiger charge is -2.33. The van der Waals surface area contributed by atoms with Gasteiger partial charge in [0.1, 0.15) is 0 Å². The molecule has 0 heterocycles. The van der Waals surface area contributed by atoms with Gasteiger partial charge in [-0.25, -0.2) is 0 Å². The molecule has 2 fully saturated rings. The molecule has 4 rings (SSSR count). The molecule has 6 atom stereocenters. The summed E-state index contributed by atoms with van der Waals surface area (Å²) in [7, 11) is 0. The van der Waals surface area contributed by atoms with Gasteiger partial charge in [0.15, 0.2) is 0 Å². The zero-order chi connectivity index (χ0) is 19.7. The average molecular weight is 374 g/mol. The fourth-order valence-electron chi connectivity index (χ4n) is 5.80. The van der Waals surface area contributed by atoms with E-state index in [1.165, 1.54) is 0 Å². The second-order valence-electron chi connectivity index (χ2n) is 8.96. The van der Waals surface area contributed by atoms with Gasteiger partial charge >= 0.3 is 23.9 Å². The summed E-state index contributed by atoms with van der Waals surface area (Å²) in [6.45, 7) is 3.67. The van der Waals surface area contributed by atoms with Gasteiger partial charge in [0.05, 0.1) is 23.7 Å². The van der Waals surface area contributed by atoms with Gasteiger partial charge in [-0.05, 0) is 36.5 Å². The second-order valence-corrected chi connectivity index (χ2v) is 8.96. The summed E-state index contributed by atoms with van der Waals surface area (Å²) in [4.78, 5) is 49.0. The summed E-state index contributed by atoms with van der Waals surface area (Å²) in [5.74, 6) is -7.68. The first kappa shape index (κ1) is 17.9. The van der Waals surface area contributed by atoms with E-state index in [-0.39, 0.29) is 0 Å². The molecular weight excluding hydrogens is 352 g/mol. The van der Waals surface area contributed by atoms with Crippen molar-refractivity contribution in [1.82, 2.24) is 0 Å². The predicted molar refractivity (Wildman–Crippen MR) is 91.2 cm³/mol. The number of ether oxygens (including phenoxy) is 1. The van der Waals surface area contributed by atoms with Crippen LogP contribution in [0.3, 0.4) is 0 Å². The Bertz CT molecular complexity index is 769. The minimum absolute atomic E-state index is 0.504.